The third kappa shape index (κ3) is 2.65. The minimum Gasteiger partial charge on any atom is -0.465 e. The Morgan fingerprint density at radius 1 is 1.29 bits per heavy atom. The summed E-state index contributed by atoms with van der Waals surface area (Å²) in [5.74, 6) is 1.04. The van der Waals surface area contributed by atoms with E-state index >= 15 is 0 Å². The Balaban J connectivity index is 1.95. The zero-order valence-electron chi connectivity index (χ0n) is 11.2. The van der Waals surface area contributed by atoms with Crippen molar-refractivity contribution in [3.8, 4) is 0 Å². The van der Waals surface area contributed by atoms with E-state index in [1.54, 1.807) is 0 Å². The van der Waals surface area contributed by atoms with Gasteiger partial charge in [0.05, 0.1) is 12.5 Å². The number of hydrogen-bond donors (Lipinski definition) is 1. The third-order valence-corrected chi connectivity index (χ3v) is 4.95. The minimum absolute atomic E-state index is 0.000602. The summed E-state index contributed by atoms with van der Waals surface area (Å²) in [7, 11) is 0. The molecule has 0 aromatic carbocycles. The first-order valence-corrected chi connectivity index (χ1v) is 6.85. The van der Waals surface area contributed by atoms with Crippen LogP contribution in [-0.2, 0) is 9.53 Å². The van der Waals surface area contributed by atoms with Gasteiger partial charge < -0.3 is 10.5 Å². The smallest absolute Gasteiger partial charge is 0.309 e. The molecule has 2 aliphatic rings. The average Bonchev–Trinajstić information content (AvgIpc) is 3.06. The van der Waals surface area contributed by atoms with Crippen molar-refractivity contribution in [1.82, 2.24) is 0 Å². The summed E-state index contributed by atoms with van der Waals surface area (Å²) in [6.45, 7) is 7.09. The zero-order chi connectivity index (χ0) is 12.6. The van der Waals surface area contributed by atoms with Crippen LogP contribution < -0.4 is 5.73 Å². The fraction of sp³-hybridized carbons (Fsp3) is 0.929. The Labute approximate surface area is 104 Å². The molecule has 0 spiro atoms. The summed E-state index contributed by atoms with van der Waals surface area (Å²) in [5.41, 5.74) is 6.05. The van der Waals surface area contributed by atoms with Gasteiger partial charge in [-0.15, -0.1) is 0 Å². The summed E-state index contributed by atoms with van der Waals surface area (Å²) < 4.78 is 5.44. The molecule has 0 aliphatic heterocycles. The fourth-order valence-corrected chi connectivity index (χ4v) is 2.86. The summed E-state index contributed by atoms with van der Waals surface area (Å²) in [6.07, 6.45) is 4.26. The summed E-state index contributed by atoms with van der Waals surface area (Å²) in [6, 6.07) is 0.220. The standard InChI is InChI=1S/C14H25NO2/c1-9-12(15)7-6-11(14(9,2)3)13(16)17-8-10-4-5-10/h9-12H,4-8,15H2,1-3H3. The van der Waals surface area contributed by atoms with Crippen molar-refractivity contribution in [2.24, 2.45) is 28.9 Å². The van der Waals surface area contributed by atoms with Crippen molar-refractivity contribution in [3.05, 3.63) is 0 Å². The Bertz CT molecular complexity index is 297. The fourth-order valence-electron chi connectivity index (χ4n) is 2.86. The zero-order valence-corrected chi connectivity index (χ0v) is 11.2. The van der Waals surface area contributed by atoms with Crippen molar-refractivity contribution in [2.45, 2.75) is 52.5 Å². The van der Waals surface area contributed by atoms with Gasteiger partial charge in [-0.25, -0.2) is 0 Å². The van der Waals surface area contributed by atoms with Gasteiger partial charge in [-0.05, 0) is 42.9 Å². The molecule has 98 valence electrons. The molecule has 0 saturated heterocycles. The first-order valence-electron chi connectivity index (χ1n) is 6.85. The molecule has 0 aromatic rings. The van der Waals surface area contributed by atoms with Crippen molar-refractivity contribution in [2.75, 3.05) is 6.61 Å². The first-order chi connectivity index (χ1) is 7.93. The van der Waals surface area contributed by atoms with Crippen LogP contribution in [0.2, 0.25) is 0 Å². The van der Waals surface area contributed by atoms with E-state index in [2.05, 4.69) is 20.8 Å². The van der Waals surface area contributed by atoms with Crippen LogP contribution in [0.25, 0.3) is 0 Å². The highest BCUT2D eigenvalue weighted by Crippen LogP contribution is 2.45. The Morgan fingerprint density at radius 3 is 2.53 bits per heavy atom. The number of esters is 1. The van der Waals surface area contributed by atoms with Crippen molar-refractivity contribution in [3.63, 3.8) is 0 Å². The molecule has 0 amide bonds. The molecule has 3 atom stereocenters. The molecule has 3 heteroatoms. The number of ether oxygens (including phenoxy) is 1. The van der Waals surface area contributed by atoms with Crippen LogP contribution in [0.4, 0.5) is 0 Å². The number of carbonyl (C=O) groups excluding carboxylic acids is 1. The lowest BCUT2D eigenvalue weighted by molar-refractivity contribution is -0.157. The molecule has 0 aromatic heterocycles. The van der Waals surface area contributed by atoms with E-state index in [9.17, 15) is 4.79 Å². The van der Waals surface area contributed by atoms with Crippen LogP contribution in [0.15, 0.2) is 0 Å². The lowest BCUT2D eigenvalue weighted by Crippen LogP contribution is -2.49. The number of carbonyl (C=O) groups is 1. The molecule has 2 aliphatic carbocycles. The summed E-state index contributed by atoms with van der Waals surface area (Å²) >= 11 is 0. The predicted molar refractivity (Wildman–Crippen MR) is 67.3 cm³/mol. The largest absolute Gasteiger partial charge is 0.465 e. The van der Waals surface area contributed by atoms with E-state index in [0.717, 1.165) is 12.8 Å². The molecule has 2 N–H and O–H groups in total. The molecular weight excluding hydrogens is 214 g/mol. The van der Waals surface area contributed by atoms with Crippen LogP contribution in [0.3, 0.4) is 0 Å². The molecule has 2 rings (SSSR count). The Morgan fingerprint density at radius 2 is 1.94 bits per heavy atom. The quantitative estimate of drug-likeness (QED) is 0.769. The Kier molecular flexibility index (Phi) is 3.48. The number of rotatable bonds is 3. The molecule has 0 heterocycles. The minimum atomic E-state index is -0.0434. The lowest BCUT2D eigenvalue weighted by Gasteiger charge is -2.45. The van der Waals surface area contributed by atoms with Crippen LogP contribution in [0.1, 0.15) is 46.5 Å². The average molecular weight is 239 g/mol. The topological polar surface area (TPSA) is 52.3 Å². The van der Waals surface area contributed by atoms with Crippen LogP contribution in [0, 0.1) is 23.2 Å². The van der Waals surface area contributed by atoms with Crippen molar-refractivity contribution in [1.29, 1.82) is 0 Å². The van der Waals surface area contributed by atoms with Gasteiger partial charge in [0.15, 0.2) is 0 Å². The second-order valence-electron chi connectivity index (χ2n) is 6.48. The highest BCUT2D eigenvalue weighted by atomic mass is 16.5. The van der Waals surface area contributed by atoms with E-state index in [0.29, 0.717) is 18.4 Å². The molecule has 17 heavy (non-hydrogen) atoms. The monoisotopic (exact) mass is 239 g/mol. The van der Waals surface area contributed by atoms with Crippen LogP contribution in [-0.4, -0.2) is 18.6 Å². The lowest BCUT2D eigenvalue weighted by atomic mass is 9.61. The van der Waals surface area contributed by atoms with E-state index in [-0.39, 0.29) is 23.3 Å². The van der Waals surface area contributed by atoms with Gasteiger partial charge in [0.25, 0.3) is 0 Å². The molecule has 0 bridgehead atoms. The second-order valence-corrected chi connectivity index (χ2v) is 6.48. The van der Waals surface area contributed by atoms with Gasteiger partial charge in [0, 0.05) is 6.04 Å². The third-order valence-electron chi connectivity index (χ3n) is 4.95. The maximum absolute atomic E-state index is 12.1. The highest BCUT2D eigenvalue weighted by Gasteiger charge is 2.46. The molecule has 0 radical (unpaired) electrons. The molecular formula is C14H25NO2. The second kappa shape index (κ2) is 4.60. The summed E-state index contributed by atoms with van der Waals surface area (Å²) in [5, 5.41) is 0. The number of hydrogen-bond acceptors (Lipinski definition) is 3. The highest BCUT2D eigenvalue weighted by molar-refractivity contribution is 5.73. The molecule has 2 saturated carbocycles. The number of nitrogens with two attached hydrogens (primary N) is 1. The summed E-state index contributed by atoms with van der Waals surface area (Å²) in [4.78, 5) is 12.1. The molecule has 3 unspecified atom stereocenters. The normalized spacial score (nSPS) is 36.6. The van der Waals surface area contributed by atoms with Crippen LogP contribution in [0.5, 0.6) is 0 Å². The van der Waals surface area contributed by atoms with E-state index in [4.69, 9.17) is 10.5 Å². The van der Waals surface area contributed by atoms with Gasteiger partial charge in [0.2, 0.25) is 0 Å². The maximum Gasteiger partial charge on any atom is 0.309 e. The van der Waals surface area contributed by atoms with Crippen molar-refractivity contribution < 1.29 is 9.53 Å². The van der Waals surface area contributed by atoms with Gasteiger partial charge >= 0.3 is 5.97 Å². The van der Waals surface area contributed by atoms with E-state index in [1.807, 2.05) is 0 Å². The maximum atomic E-state index is 12.1. The first kappa shape index (κ1) is 12.9. The van der Waals surface area contributed by atoms with E-state index in [1.165, 1.54) is 12.8 Å². The SMILES string of the molecule is CC1C(N)CCC(C(=O)OCC2CC2)C1(C)C. The van der Waals surface area contributed by atoms with Gasteiger partial charge in [-0.3, -0.25) is 4.79 Å². The Hall–Kier alpha value is -0.570. The molecule has 3 nitrogen and oxygen atoms in total. The van der Waals surface area contributed by atoms with E-state index < -0.39 is 0 Å². The predicted octanol–water partition coefficient (Wildman–Crippen LogP) is 2.34. The van der Waals surface area contributed by atoms with Crippen molar-refractivity contribution >= 4 is 5.97 Å². The van der Waals surface area contributed by atoms with Gasteiger partial charge in [-0.1, -0.05) is 20.8 Å². The van der Waals surface area contributed by atoms with Gasteiger partial charge in [-0.2, -0.15) is 0 Å². The van der Waals surface area contributed by atoms with Crippen LogP contribution >= 0.6 is 0 Å². The van der Waals surface area contributed by atoms with Gasteiger partial charge in [0.1, 0.15) is 0 Å². The molecule has 2 fully saturated rings.